The molecule has 2 aromatic heterocycles. The van der Waals surface area contributed by atoms with Gasteiger partial charge in [0.05, 0.1) is 17.8 Å². The number of aromatic amines is 1. The predicted molar refractivity (Wildman–Crippen MR) is 130 cm³/mol. The predicted octanol–water partition coefficient (Wildman–Crippen LogP) is 4.71. The van der Waals surface area contributed by atoms with Gasteiger partial charge in [-0.3, -0.25) is 9.89 Å². The van der Waals surface area contributed by atoms with E-state index in [-0.39, 0.29) is 5.92 Å². The lowest BCUT2D eigenvalue weighted by molar-refractivity contribution is -0.145. The van der Waals surface area contributed by atoms with Crippen molar-refractivity contribution < 1.29 is 18.3 Å². The van der Waals surface area contributed by atoms with Crippen LogP contribution in [0.1, 0.15) is 32.4 Å². The van der Waals surface area contributed by atoms with Crippen LogP contribution in [0.2, 0.25) is 0 Å². The molecule has 35 heavy (non-hydrogen) atoms. The molecule has 0 saturated carbocycles. The van der Waals surface area contributed by atoms with E-state index >= 15 is 0 Å². The molecule has 3 N–H and O–H groups in total. The average Bonchev–Trinajstić information content (AvgIpc) is 3.47. The molecule has 2 heterocycles. The smallest absolute Gasteiger partial charge is 0.321 e. The summed E-state index contributed by atoms with van der Waals surface area (Å²) in [6.45, 7) is 4.30. The fraction of sp³-hybridized carbons (Fsp3) is 0.320. The van der Waals surface area contributed by atoms with Crippen LogP contribution in [-0.4, -0.2) is 44.9 Å². The van der Waals surface area contributed by atoms with Crippen molar-refractivity contribution in [1.82, 2.24) is 25.3 Å². The Morgan fingerprint density at radius 3 is 2.51 bits per heavy atom. The number of carbonyl (C=O) groups excluding carboxylic acids is 1. The van der Waals surface area contributed by atoms with Gasteiger partial charge in [-0.1, -0.05) is 44.2 Å². The number of halogens is 2. The van der Waals surface area contributed by atoms with Gasteiger partial charge in [0.25, 0.3) is 5.91 Å². The first-order chi connectivity index (χ1) is 16.7. The quantitative estimate of drug-likeness (QED) is 0.321. The third-order valence-electron chi connectivity index (χ3n) is 5.72. The van der Waals surface area contributed by atoms with Crippen molar-refractivity contribution in [2.75, 3.05) is 12.4 Å². The minimum atomic E-state index is -3.50. The highest BCUT2D eigenvalue weighted by molar-refractivity contribution is 5.83. The normalized spacial score (nSPS) is 13.6. The van der Waals surface area contributed by atoms with Gasteiger partial charge in [0, 0.05) is 25.4 Å². The van der Waals surface area contributed by atoms with Crippen molar-refractivity contribution >= 4 is 22.6 Å². The zero-order valence-corrected chi connectivity index (χ0v) is 19.9. The fourth-order valence-corrected chi connectivity index (χ4v) is 3.82. The molecule has 0 saturated heterocycles. The highest BCUT2D eigenvalue weighted by atomic mass is 19.3. The lowest BCUT2D eigenvalue weighted by atomic mass is 9.92. The molecule has 0 unspecified atom stereocenters. The number of fused-ring (bicyclic) bond motifs is 1. The number of benzene rings is 2. The van der Waals surface area contributed by atoms with Gasteiger partial charge in [0.2, 0.25) is 0 Å². The summed E-state index contributed by atoms with van der Waals surface area (Å²) < 4.78 is 35.5. The number of nitrogens with one attached hydrogen (secondary N) is 3. The van der Waals surface area contributed by atoms with E-state index < -0.39 is 24.0 Å². The molecule has 0 aliphatic carbocycles. The second-order valence-corrected chi connectivity index (χ2v) is 8.75. The van der Waals surface area contributed by atoms with E-state index in [2.05, 4.69) is 25.9 Å². The van der Waals surface area contributed by atoms with E-state index in [0.717, 1.165) is 22.3 Å². The standard InChI is InChI=1S/C25H28F2N6O2/c1-15(2)22(30-24(34)25(3,26)27)23(16-8-6-5-7-9-16)35-18-10-11-19-17(12-18)14-29-33(19)21-13-20(28-4)31-32-21/h5-15,22-23H,1-4H3,(H,30,34)(H2,28,31,32)/t22-,23+/m0/s1. The topological polar surface area (TPSA) is 96.9 Å². The third kappa shape index (κ3) is 5.26. The molecule has 0 bridgehead atoms. The van der Waals surface area contributed by atoms with Gasteiger partial charge in [-0.25, -0.2) is 4.68 Å². The second kappa shape index (κ2) is 9.73. The summed E-state index contributed by atoms with van der Waals surface area (Å²) in [7, 11) is 1.79. The Kier molecular flexibility index (Phi) is 6.72. The van der Waals surface area contributed by atoms with Crippen molar-refractivity contribution in [2.45, 2.75) is 38.8 Å². The average molecular weight is 483 g/mol. The van der Waals surface area contributed by atoms with Gasteiger partial charge < -0.3 is 15.4 Å². The zero-order valence-electron chi connectivity index (χ0n) is 19.9. The number of carbonyl (C=O) groups is 1. The SMILES string of the molecule is CNc1cc(-n2ncc3cc(O[C@H](c4ccccc4)[C@@H](NC(=O)C(C)(F)F)C(C)C)ccc32)n[nH]1. The van der Waals surface area contributed by atoms with Crippen molar-refractivity contribution in [3.8, 4) is 11.6 Å². The van der Waals surface area contributed by atoms with Gasteiger partial charge in [-0.15, -0.1) is 0 Å². The number of ether oxygens (including phenoxy) is 1. The summed E-state index contributed by atoms with van der Waals surface area (Å²) in [6, 6.07) is 15.9. The van der Waals surface area contributed by atoms with Crippen LogP contribution in [-0.2, 0) is 4.79 Å². The number of hydrogen-bond donors (Lipinski definition) is 3. The molecule has 0 aliphatic rings. The number of alkyl halides is 2. The number of anilines is 1. The maximum absolute atomic E-state index is 13.7. The molecule has 184 valence electrons. The Labute approximate surface area is 201 Å². The third-order valence-corrected chi connectivity index (χ3v) is 5.72. The molecule has 2 aromatic carbocycles. The molecule has 4 aromatic rings. The monoisotopic (exact) mass is 482 g/mol. The summed E-state index contributed by atoms with van der Waals surface area (Å²) in [5.41, 5.74) is 1.58. The molecule has 0 aliphatic heterocycles. The van der Waals surface area contributed by atoms with E-state index in [9.17, 15) is 13.6 Å². The van der Waals surface area contributed by atoms with Gasteiger partial charge >= 0.3 is 5.92 Å². The van der Waals surface area contributed by atoms with Crippen LogP contribution >= 0.6 is 0 Å². The van der Waals surface area contributed by atoms with Gasteiger partial charge in [-0.2, -0.15) is 19.0 Å². The minimum Gasteiger partial charge on any atom is -0.484 e. The number of nitrogens with zero attached hydrogens (tertiary/aromatic N) is 3. The van der Waals surface area contributed by atoms with E-state index in [1.54, 1.807) is 24.0 Å². The highest BCUT2D eigenvalue weighted by Crippen LogP contribution is 2.31. The Balaban J connectivity index is 1.67. The van der Waals surface area contributed by atoms with Crippen molar-refractivity contribution in [1.29, 1.82) is 0 Å². The van der Waals surface area contributed by atoms with Crippen LogP contribution in [0.4, 0.5) is 14.6 Å². The van der Waals surface area contributed by atoms with Crippen LogP contribution in [0.5, 0.6) is 5.75 Å². The number of amides is 1. The van der Waals surface area contributed by atoms with Gasteiger partial charge in [-0.05, 0) is 29.7 Å². The summed E-state index contributed by atoms with van der Waals surface area (Å²) in [5, 5.41) is 17.9. The van der Waals surface area contributed by atoms with Crippen molar-refractivity contribution in [2.24, 2.45) is 5.92 Å². The first-order valence-corrected chi connectivity index (χ1v) is 11.3. The maximum Gasteiger partial charge on any atom is 0.321 e. The first-order valence-electron chi connectivity index (χ1n) is 11.3. The minimum absolute atomic E-state index is 0.181. The Morgan fingerprint density at radius 2 is 1.89 bits per heavy atom. The Hall–Kier alpha value is -3.95. The number of H-pyrrole nitrogens is 1. The maximum atomic E-state index is 13.7. The lowest BCUT2D eigenvalue weighted by Gasteiger charge is -2.32. The van der Waals surface area contributed by atoms with Crippen LogP contribution in [0, 0.1) is 5.92 Å². The van der Waals surface area contributed by atoms with E-state index in [1.807, 2.05) is 62.4 Å². The summed E-state index contributed by atoms with van der Waals surface area (Å²) in [6.07, 6.45) is 1.01. The van der Waals surface area contributed by atoms with E-state index in [1.165, 1.54) is 0 Å². The molecule has 2 atom stereocenters. The number of aromatic nitrogens is 4. The molecule has 10 heteroatoms. The fourth-order valence-electron chi connectivity index (χ4n) is 3.82. The van der Waals surface area contributed by atoms with Crippen molar-refractivity contribution in [3.63, 3.8) is 0 Å². The molecular formula is C25H28F2N6O2. The van der Waals surface area contributed by atoms with Crippen LogP contribution < -0.4 is 15.4 Å². The van der Waals surface area contributed by atoms with Crippen LogP contribution in [0.25, 0.3) is 16.7 Å². The van der Waals surface area contributed by atoms with Gasteiger partial charge in [0.15, 0.2) is 5.82 Å². The zero-order chi connectivity index (χ0) is 25.2. The first kappa shape index (κ1) is 24.2. The van der Waals surface area contributed by atoms with E-state index in [4.69, 9.17) is 4.74 Å². The molecule has 4 rings (SSSR count). The molecule has 8 nitrogen and oxygen atoms in total. The summed E-state index contributed by atoms with van der Waals surface area (Å²) >= 11 is 0. The second-order valence-electron chi connectivity index (χ2n) is 8.75. The van der Waals surface area contributed by atoms with Crippen LogP contribution in [0.15, 0.2) is 60.8 Å². The summed E-state index contributed by atoms with van der Waals surface area (Å²) in [5.74, 6) is -3.11. The Morgan fingerprint density at radius 1 is 1.14 bits per heavy atom. The molecule has 0 spiro atoms. The number of hydrogen-bond acceptors (Lipinski definition) is 5. The summed E-state index contributed by atoms with van der Waals surface area (Å²) in [4.78, 5) is 12.2. The largest absolute Gasteiger partial charge is 0.484 e. The Bertz CT molecular complexity index is 1300. The number of rotatable bonds is 9. The van der Waals surface area contributed by atoms with Crippen molar-refractivity contribution in [3.05, 3.63) is 66.4 Å². The molecule has 1 amide bonds. The molecular weight excluding hydrogens is 454 g/mol. The molecule has 0 radical (unpaired) electrons. The van der Waals surface area contributed by atoms with Gasteiger partial charge in [0.1, 0.15) is 17.7 Å². The lowest BCUT2D eigenvalue weighted by Crippen LogP contribution is -2.49. The molecule has 0 fully saturated rings. The van der Waals surface area contributed by atoms with Crippen LogP contribution in [0.3, 0.4) is 0 Å². The highest BCUT2D eigenvalue weighted by Gasteiger charge is 2.37. The van der Waals surface area contributed by atoms with E-state index in [0.29, 0.717) is 18.5 Å².